The molecule has 2 unspecified atom stereocenters. The molecular formula is C8H15FN2O2. The molecule has 0 radical (unpaired) electrons. The number of hydrogen-bond donors (Lipinski definition) is 2. The molecule has 1 aliphatic heterocycles. The largest absolute Gasteiger partial charge is 0.376 e. The van der Waals surface area contributed by atoms with Crippen LogP contribution < -0.4 is 10.6 Å². The van der Waals surface area contributed by atoms with Crippen molar-refractivity contribution in [2.24, 2.45) is 0 Å². The Morgan fingerprint density at radius 3 is 3.00 bits per heavy atom. The van der Waals surface area contributed by atoms with E-state index < -0.39 is 6.67 Å². The Balaban J connectivity index is 2.19. The summed E-state index contributed by atoms with van der Waals surface area (Å²) < 4.78 is 16.9. The maximum Gasteiger partial charge on any atom is 0.315 e. The minimum Gasteiger partial charge on any atom is -0.376 e. The number of alkyl halides is 1. The van der Waals surface area contributed by atoms with Crippen LogP contribution in [0.2, 0.25) is 0 Å². The molecular weight excluding hydrogens is 175 g/mol. The van der Waals surface area contributed by atoms with Crippen molar-refractivity contribution in [2.45, 2.75) is 25.5 Å². The zero-order chi connectivity index (χ0) is 9.68. The number of halogens is 1. The molecule has 1 fully saturated rings. The van der Waals surface area contributed by atoms with Gasteiger partial charge in [0.05, 0.1) is 12.1 Å². The monoisotopic (exact) mass is 190 g/mol. The Hall–Kier alpha value is -0.840. The number of carbonyl (C=O) groups excluding carboxylic acids is 1. The van der Waals surface area contributed by atoms with Crippen molar-refractivity contribution in [3.05, 3.63) is 0 Å². The van der Waals surface area contributed by atoms with Gasteiger partial charge in [-0.15, -0.1) is 0 Å². The predicted octanol–water partition coefficient (Wildman–Crippen LogP) is 0.432. The summed E-state index contributed by atoms with van der Waals surface area (Å²) in [4.78, 5) is 11.1. The highest BCUT2D eigenvalue weighted by molar-refractivity contribution is 5.74. The van der Waals surface area contributed by atoms with Gasteiger partial charge in [0, 0.05) is 13.2 Å². The Morgan fingerprint density at radius 2 is 2.46 bits per heavy atom. The lowest BCUT2D eigenvalue weighted by atomic mass is 10.2. The van der Waals surface area contributed by atoms with E-state index in [-0.39, 0.29) is 24.7 Å². The Bertz CT molecular complexity index is 178. The molecule has 0 aromatic heterocycles. The number of urea groups is 1. The van der Waals surface area contributed by atoms with Crippen molar-refractivity contribution in [1.29, 1.82) is 0 Å². The number of ether oxygens (including phenoxy) is 1. The first-order valence-corrected chi connectivity index (χ1v) is 4.46. The highest BCUT2D eigenvalue weighted by Crippen LogP contribution is 2.11. The number of rotatable bonds is 3. The average Bonchev–Trinajstić information content (AvgIpc) is 2.48. The lowest BCUT2D eigenvalue weighted by molar-refractivity contribution is 0.114. The van der Waals surface area contributed by atoms with Crippen LogP contribution in [0.5, 0.6) is 0 Å². The lowest BCUT2D eigenvalue weighted by Crippen LogP contribution is -2.45. The van der Waals surface area contributed by atoms with Crippen LogP contribution in [-0.2, 0) is 4.74 Å². The van der Waals surface area contributed by atoms with E-state index in [9.17, 15) is 9.18 Å². The highest BCUT2D eigenvalue weighted by Gasteiger charge is 2.25. The summed E-state index contributed by atoms with van der Waals surface area (Å²) in [7, 11) is 0. The van der Waals surface area contributed by atoms with Crippen LogP contribution in [0.15, 0.2) is 0 Å². The fraction of sp³-hybridized carbons (Fsp3) is 0.875. The zero-order valence-electron chi connectivity index (χ0n) is 7.68. The van der Waals surface area contributed by atoms with Crippen LogP contribution in [0, 0.1) is 0 Å². The standard InChI is InChI=1S/C8H15FN2O2/c1-6-7(2-5-13-6)11-8(12)10-4-3-9/h6-7H,2-5H2,1H3,(H2,10,11,12). The van der Waals surface area contributed by atoms with Crippen LogP contribution in [-0.4, -0.2) is 38.0 Å². The smallest absolute Gasteiger partial charge is 0.315 e. The Labute approximate surface area is 76.8 Å². The first-order chi connectivity index (χ1) is 6.24. The molecule has 5 heteroatoms. The van der Waals surface area contributed by atoms with Crippen molar-refractivity contribution in [3.63, 3.8) is 0 Å². The Kier molecular flexibility index (Phi) is 3.95. The topological polar surface area (TPSA) is 50.4 Å². The summed E-state index contributed by atoms with van der Waals surface area (Å²) in [5, 5.41) is 5.12. The van der Waals surface area contributed by atoms with Gasteiger partial charge in [0.25, 0.3) is 0 Å². The molecule has 0 aromatic carbocycles. The molecule has 76 valence electrons. The van der Waals surface area contributed by atoms with Crippen molar-refractivity contribution in [3.8, 4) is 0 Å². The van der Waals surface area contributed by atoms with Gasteiger partial charge in [-0.3, -0.25) is 0 Å². The van der Waals surface area contributed by atoms with Crippen LogP contribution in [0.3, 0.4) is 0 Å². The molecule has 0 aliphatic carbocycles. The van der Waals surface area contributed by atoms with E-state index in [0.29, 0.717) is 6.61 Å². The SMILES string of the molecule is CC1OCCC1NC(=O)NCCF. The normalized spacial score (nSPS) is 27.2. The quantitative estimate of drug-likeness (QED) is 0.678. The van der Waals surface area contributed by atoms with Gasteiger partial charge in [-0.25, -0.2) is 9.18 Å². The maximum atomic E-state index is 11.7. The number of carbonyl (C=O) groups is 1. The van der Waals surface area contributed by atoms with Gasteiger partial charge in [0.1, 0.15) is 6.67 Å². The molecule has 0 saturated carbocycles. The van der Waals surface area contributed by atoms with Gasteiger partial charge in [0.2, 0.25) is 0 Å². The summed E-state index contributed by atoms with van der Waals surface area (Å²) >= 11 is 0. The molecule has 1 heterocycles. The van der Waals surface area contributed by atoms with E-state index in [1.54, 1.807) is 0 Å². The summed E-state index contributed by atoms with van der Waals surface area (Å²) in [5.41, 5.74) is 0. The van der Waals surface area contributed by atoms with Gasteiger partial charge < -0.3 is 15.4 Å². The van der Waals surface area contributed by atoms with Gasteiger partial charge in [-0.05, 0) is 13.3 Å². The molecule has 0 spiro atoms. The third kappa shape index (κ3) is 3.18. The summed E-state index contributed by atoms with van der Waals surface area (Å²) in [6, 6.07) is -0.264. The molecule has 0 bridgehead atoms. The maximum absolute atomic E-state index is 11.7. The van der Waals surface area contributed by atoms with Crippen LogP contribution >= 0.6 is 0 Å². The molecule has 0 aromatic rings. The molecule has 1 rings (SSSR count). The number of amides is 2. The number of nitrogens with one attached hydrogen (secondary N) is 2. The summed E-state index contributed by atoms with van der Waals surface area (Å²) in [6.07, 6.45) is 0.876. The average molecular weight is 190 g/mol. The van der Waals surface area contributed by atoms with Gasteiger partial charge >= 0.3 is 6.03 Å². The first kappa shape index (κ1) is 10.2. The minimum atomic E-state index is -0.538. The van der Waals surface area contributed by atoms with Crippen molar-refractivity contribution < 1.29 is 13.9 Å². The Morgan fingerprint density at radius 1 is 1.69 bits per heavy atom. The van der Waals surface area contributed by atoms with Crippen molar-refractivity contribution in [2.75, 3.05) is 19.8 Å². The second-order valence-corrected chi connectivity index (χ2v) is 3.06. The molecule has 13 heavy (non-hydrogen) atoms. The fourth-order valence-electron chi connectivity index (χ4n) is 1.30. The third-order valence-electron chi connectivity index (χ3n) is 2.07. The summed E-state index contributed by atoms with van der Waals surface area (Å²) in [5.74, 6) is 0. The van der Waals surface area contributed by atoms with E-state index in [0.717, 1.165) is 6.42 Å². The summed E-state index contributed by atoms with van der Waals surface area (Å²) in [6.45, 7) is 2.11. The highest BCUT2D eigenvalue weighted by atomic mass is 19.1. The van der Waals surface area contributed by atoms with Gasteiger partial charge in [-0.1, -0.05) is 0 Å². The minimum absolute atomic E-state index is 0.0520. The van der Waals surface area contributed by atoms with E-state index >= 15 is 0 Å². The van der Waals surface area contributed by atoms with E-state index in [1.165, 1.54) is 0 Å². The zero-order valence-corrected chi connectivity index (χ0v) is 7.68. The molecule has 4 nitrogen and oxygen atoms in total. The van der Waals surface area contributed by atoms with E-state index in [4.69, 9.17) is 4.74 Å². The second kappa shape index (κ2) is 5.01. The molecule has 2 N–H and O–H groups in total. The van der Waals surface area contributed by atoms with Crippen LogP contribution in [0.4, 0.5) is 9.18 Å². The lowest BCUT2D eigenvalue weighted by Gasteiger charge is -2.15. The van der Waals surface area contributed by atoms with Crippen molar-refractivity contribution in [1.82, 2.24) is 10.6 Å². The van der Waals surface area contributed by atoms with Crippen molar-refractivity contribution >= 4 is 6.03 Å². The number of hydrogen-bond acceptors (Lipinski definition) is 2. The molecule has 2 amide bonds. The molecule has 2 atom stereocenters. The van der Waals surface area contributed by atoms with E-state index in [1.807, 2.05) is 6.92 Å². The molecule has 1 saturated heterocycles. The predicted molar refractivity (Wildman–Crippen MR) is 46.3 cm³/mol. The first-order valence-electron chi connectivity index (χ1n) is 4.46. The third-order valence-corrected chi connectivity index (χ3v) is 2.07. The van der Waals surface area contributed by atoms with Gasteiger partial charge in [0.15, 0.2) is 0 Å². The fourth-order valence-corrected chi connectivity index (χ4v) is 1.30. The van der Waals surface area contributed by atoms with Crippen LogP contribution in [0.1, 0.15) is 13.3 Å². The van der Waals surface area contributed by atoms with Gasteiger partial charge in [-0.2, -0.15) is 0 Å². The second-order valence-electron chi connectivity index (χ2n) is 3.06. The van der Waals surface area contributed by atoms with Crippen LogP contribution in [0.25, 0.3) is 0 Å². The van der Waals surface area contributed by atoms with E-state index in [2.05, 4.69) is 10.6 Å². The molecule has 1 aliphatic rings.